The third-order valence-corrected chi connectivity index (χ3v) is 3.48. The largest absolute Gasteiger partial charge is 0.504 e. The molecule has 0 unspecified atom stereocenters. The summed E-state index contributed by atoms with van der Waals surface area (Å²) in [6, 6.07) is 0. The highest BCUT2D eigenvalue weighted by Crippen LogP contribution is 2.56. The lowest BCUT2D eigenvalue weighted by atomic mass is 9.94. The monoisotopic (exact) mass is 251 g/mol. The normalized spacial score (nSPS) is 16.0. The van der Waals surface area contributed by atoms with Gasteiger partial charge in [-0.1, -0.05) is 0 Å². The molecule has 0 aromatic heterocycles. The maximum absolute atomic E-state index is 14.1. The molecule has 1 N–H and O–H groups in total. The highest BCUT2D eigenvalue weighted by molar-refractivity contribution is 5.60. The van der Waals surface area contributed by atoms with Crippen molar-refractivity contribution in [3.05, 3.63) is 22.5 Å². The first kappa shape index (κ1) is 12.6. The average molecular weight is 251 g/mol. The summed E-state index contributed by atoms with van der Waals surface area (Å²) in [5.74, 6) is -0.474. The van der Waals surface area contributed by atoms with Crippen molar-refractivity contribution in [2.75, 3.05) is 7.11 Å². The molecule has 1 aliphatic carbocycles. The van der Waals surface area contributed by atoms with Crippen molar-refractivity contribution in [1.82, 2.24) is 0 Å². The van der Waals surface area contributed by atoms with Gasteiger partial charge in [-0.2, -0.15) is 4.99 Å². The van der Waals surface area contributed by atoms with Gasteiger partial charge in [0.1, 0.15) is 11.4 Å². The molecule has 1 aromatic carbocycles. The molecule has 0 saturated heterocycles. The van der Waals surface area contributed by atoms with Gasteiger partial charge in [0.25, 0.3) is 0 Å². The number of hydrogen-bond donors (Lipinski definition) is 1. The second-order valence-corrected chi connectivity index (χ2v) is 4.56. The summed E-state index contributed by atoms with van der Waals surface area (Å²) in [4.78, 5) is 14.2. The summed E-state index contributed by atoms with van der Waals surface area (Å²) in [5.41, 5.74) is 0.0767. The second kappa shape index (κ2) is 4.10. The number of halogens is 1. The summed E-state index contributed by atoms with van der Waals surface area (Å²) in [6.45, 7) is 3.10. The number of rotatable bonds is 3. The molecule has 4 nitrogen and oxygen atoms in total. The molecule has 1 aliphatic rings. The van der Waals surface area contributed by atoms with Crippen LogP contribution >= 0.6 is 0 Å². The predicted octanol–water partition coefficient (Wildman–Crippen LogP) is 2.48. The van der Waals surface area contributed by atoms with Crippen molar-refractivity contribution in [3.63, 3.8) is 0 Å². The molecule has 1 aromatic rings. The van der Waals surface area contributed by atoms with E-state index in [2.05, 4.69) is 4.99 Å². The van der Waals surface area contributed by atoms with Gasteiger partial charge in [0.05, 0.1) is 7.11 Å². The van der Waals surface area contributed by atoms with E-state index in [9.17, 15) is 14.3 Å². The molecule has 0 radical (unpaired) electrons. The minimum atomic E-state index is -0.822. The zero-order valence-electron chi connectivity index (χ0n) is 10.5. The van der Waals surface area contributed by atoms with Crippen molar-refractivity contribution in [2.45, 2.75) is 32.2 Å². The number of aromatic hydroxyl groups is 1. The minimum absolute atomic E-state index is 0.0977. The summed E-state index contributed by atoms with van der Waals surface area (Å²) in [5, 5.41) is 10.2. The number of ether oxygens (including phenoxy) is 1. The molecular formula is C13H14FNO3. The van der Waals surface area contributed by atoms with E-state index in [1.165, 1.54) is 20.1 Å². The summed E-state index contributed by atoms with van der Waals surface area (Å²) in [6.07, 6.45) is 2.69. The van der Waals surface area contributed by atoms with Crippen molar-refractivity contribution in [1.29, 1.82) is 0 Å². The van der Waals surface area contributed by atoms with Crippen LogP contribution in [0.25, 0.3) is 0 Å². The van der Waals surface area contributed by atoms with Gasteiger partial charge in [0, 0.05) is 11.1 Å². The van der Waals surface area contributed by atoms with E-state index >= 15 is 0 Å². The number of aliphatic imine (C=N–C) groups is 1. The molecule has 0 bridgehead atoms. The molecule has 18 heavy (non-hydrogen) atoms. The Morgan fingerprint density at radius 3 is 2.44 bits per heavy atom. The van der Waals surface area contributed by atoms with E-state index < -0.39 is 11.4 Å². The number of benzene rings is 1. The molecule has 0 atom stereocenters. The molecule has 5 heteroatoms. The molecule has 1 saturated carbocycles. The Bertz CT molecular complexity index is 558. The molecule has 2 rings (SSSR count). The number of carbonyl (C=O) groups excluding carboxylic acids is 1. The van der Waals surface area contributed by atoms with Gasteiger partial charge in [0.15, 0.2) is 11.5 Å². The van der Waals surface area contributed by atoms with E-state index in [1.807, 2.05) is 0 Å². The van der Waals surface area contributed by atoms with Crippen LogP contribution in [0, 0.1) is 19.7 Å². The first-order valence-corrected chi connectivity index (χ1v) is 5.63. The lowest BCUT2D eigenvalue weighted by Crippen LogP contribution is -2.09. The highest BCUT2D eigenvalue weighted by atomic mass is 19.1. The molecule has 96 valence electrons. The SMILES string of the molecule is COc1c(C)c(F)c(C)c(C2(N=C=O)CC2)c1O. The zero-order valence-corrected chi connectivity index (χ0v) is 10.5. The Kier molecular flexibility index (Phi) is 2.87. The second-order valence-electron chi connectivity index (χ2n) is 4.56. The van der Waals surface area contributed by atoms with Crippen LogP contribution < -0.4 is 4.74 Å². The van der Waals surface area contributed by atoms with Crippen LogP contribution in [-0.4, -0.2) is 18.3 Å². The Morgan fingerprint density at radius 1 is 1.39 bits per heavy atom. The van der Waals surface area contributed by atoms with Crippen LogP contribution in [0.3, 0.4) is 0 Å². The fourth-order valence-electron chi connectivity index (χ4n) is 2.40. The number of phenols is 1. The zero-order chi connectivity index (χ0) is 13.5. The number of methoxy groups -OCH3 is 1. The summed E-state index contributed by atoms with van der Waals surface area (Å²) < 4.78 is 19.1. The standard InChI is InChI=1S/C13H14FNO3/c1-7-9(13(4-5-13)15-6-16)11(17)12(18-3)8(2)10(7)14/h17H,4-5H2,1-3H3. The minimum Gasteiger partial charge on any atom is -0.504 e. The van der Waals surface area contributed by atoms with Gasteiger partial charge in [-0.05, 0) is 32.3 Å². The predicted molar refractivity (Wildman–Crippen MR) is 63.1 cm³/mol. The molecule has 1 fully saturated rings. The van der Waals surface area contributed by atoms with Gasteiger partial charge in [-0.25, -0.2) is 9.18 Å². The Hall–Kier alpha value is -1.87. The molecule has 0 heterocycles. The van der Waals surface area contributed by atoms with Crippen LogP contribution in [0.2, 0.25) is 0 Å². The maximum Gasteiger partial charge on any atom is 0.235 e. The topological polar surface area (TPSA) is 58.9 Å². The van der Waals surface area contributed by atoms with Gasteiger partial charge < -0.3 is 9.84 Å². The summed E-state index contributed by atoms with van der Waals surface area (Å²) in [7, 11) is 1.36. The molecule has 0 spiro atoms. The molecular weight excluding hydrogens is 237 g/mol. The van der Waals surface area contributed by atoms with E-state index in [1.54, 1.807) is 6.92 Å². The van der Waals surface area contributed by atoms with Gasteiger partial charge >= 0.3 is 0 Å². The number of nitrogens with zero attached hydrogens (tertiary/aromatic N) is 1. The number of isocyanates is 1. The van der Waals surface area contributed by atoms with Crippen molar-refractivity contribution in [3.8, 4) is 11.5 Å². The van der Waals surface area contributed by atoms with E-state index in [0.29, 0.717) is 24.0 Å². The van der Waals surface area contributed by atoms with E-state index in [-0.39, 0.29) is 17.1 Å². The van der Waals surface area contributed by atoms with Gasteiger partial charge in [-0.3, -0.25) is 0 Å². The fraction of sp³-hybridized carbons (Fsp3) is 0.462. The van der Waals surface area contributed by atoms with Gasteiger partial charge in [-0.15, -0.1) is 0 Å². The van der Waals surface area contributed by atoms with Crippen molar-refractivity contribution >= 4 is 6.08 Å². The van der Waals surface area contributed by atoms with Crippen LogP contribution in [0.1, 0.15) is 29.5 Å². The lowest BCUT2D eigenvalue weighted by Gasteiger charge is -2.19. The van der Waals surface area contributed by atoms with Crippen LogP contribution in [0.15, 0.2) is 4.99 Å². The first-order valence-electron chi connectivity index (χ1n) is 5.63. The lowest BCUT2D eigenvalue weighted by molar-refractivity contribution is 0.360. The first-order chi connectivity index (χ1) is 8.48. The smallest absolute Gasteiger partial charge is 0.235 e. The third-order valence-electron chi connectivity index (χ3n) is 3.48. The van der Waals surface area contributed by atoms with Crippen molar-refractivity contribution in [2.24, 2.45) is 4.99 Å². The van der Waals surface area contributed by atoms with E-state index in [0.717, 1.165) is 0 Å². The molecule has 0 aliphatic heterocycles. The van der Waals surface area contributed by atoms with E-state index in [4.69, 9.17) is 4.74 Å². The van der Waals surface area contributed by atoms with Crippen LogP contribution in [0.4, 0.5) is 4.39 Å². The Morgan fingerprint density at radius 2 is 2.00 bits per heavy atom. The molecule has 0 amide bonds. The van der Waals surface area contributed by atoms with Crippen LogP contribution in [-0.2, 0) is 10.3 Å². The van der Waals surface area contributed by atoms with Crippen molar-refractivity contribution < 1.29 is 19.0 Å². The quantitative estimate of drug-likeness (QED) is 0.663. The maximum atomic E-state index is 14.1. The summed E-state index contributed by atoms with van der Waals surface area (Å²) >= 11 is 0. The van der Waals surface area contributed by atoms with Gasteiger partial charge in [0.2, 0.25) is 6.08 Å². The number of hydrogen-bond acceptors (Lipinski definition) is 4. The fourth-order valence-corrected chi connectivity index (χ4v) is 2.40. The third kappa shape index (κ3) is 1.59. The highest BCUT2D eigenvalue weighted by Gasteiger charge is 2.49. The Labute approximate surface area is 104 Å². The Balaban J connectivity index is 2.76. The number of phenolic OH excluding ortho intramolecular Hbond substituents is 1. The van der Waals surface area contributed by atoms with Crippen LogP contribution in [0.5, 0.6) is 11.5 Å². The average Bonchev–Trinajstić information content (AvgIpc) is 3.08.